The van der Waals surface area contributed by atoms with Crippen molar-refractivity contribution in [3.63, 3.8) is 0 Å². The van der Waals surface area contributed by atoms with Crippen LogP contribution in [0.15, 0.2) is 4.79 Å². The van der Waals surface area contributed by atoms with Crippen molar-refractivity contribution >= 4 is 39.9 Å². The van der Waals surface area contributed by atoms with E-state index in [0.717, 1.165) is 27.1 Å². The molecule has 6 nitrogen and oxygen atoms in total. The van der Waals surface area contributed by atoms with E-state index in [1.54, 1.807) is 16.4 Å². The Morgan fingerprint density at radius 3 is 2.91 bits per heavy atom. The van der Waals surface area contributed by atoms with Crippen LogP contribution in [0.2, 0.25) is 0 Å². The molecule has 0 saturated heterocycles. The zero-order valence-corrected chi connectivity index (χ0v) is 14.8. The topological polar surface area (TPSA) is 67.3 Å². The lowest BCUT2D eigenvalue weighted by molar-refractivity contribution is 0.103. The normalized spacial score (nSPS) is 14.1. The van der Waals surface area contributed by atoms with E-state index in [0.29, 0.717) is 37.4 Å². The molecule has 3 heterocycles. The highest BCUT2D eigenvalue weighted by molar-refractivity contribution is 7.71. The highest BCUT2D eigenvalue weighted by Gasteiger charge is 2.26. The number of nitrogens with one attached hydrogen (secondary N) is 1. The minimum absolute atomic E-state index is 0.0207. The second-order valence-electron chi connectivity index (χ2n) is 5.47. The largest absolute Gasteiger partial charge is 0.450 e. The highest BCUT2D eigenvalue weighted by atomic mass is 32.1. The molecule has 0 fully saturated rings. The first-order valence-electron chi connectivity index (χ1n) is 7.75. The van der Waals surface area contributed by atoms with Crippen LogP contribution in [-0.4, -0.2) is 33.7 Å². The van der Waals surface area contributed by atoms with Crippen LogP contribution >= 0.6 is 23.6 Å². The number of hydrogen-bond donors (Lipinski definition) is 1. The van der Waals surface area contributed by atoms with Gasteiger partial charge in [-0.1, -0.05) is 6.92 Å². The van der Waals surface area contributed by atoms with Crippen LogP contribution in [0.4, 0.5) is 4.79 Å². The summed E-state index contributed by atoms with van der Waals surface area (Å²) in [7, 11) is 0. The monoisotopic (exact) mass is 353 g/mol. The maximum atomic E-state index is 12.8. The van der Waals surface area contributed by atoms with Gasteiger partial charge in [0.15, 0.2) is 4.77 Å². The van der Waals surface area contributed by atoms with Crippen LogP contribution in [0.1, 0.15) is 30.7 Å². The Hall–Kier alpha value is -1.67. The van der Waals surface area contributed by atoms with E-state index < -0.39 is 0 Å². The molecule has 2 aromatic heterocycles. The Balaban J connectivity index is 2.06. The fourth-order valence-electron chi connectivity index (χ4n) is 2.91. The number of rotatable bonds is 3. The molecule has 1 aliphatic rings. The summed E-state index contributed by atoms with van der Waals surface area (Å²) in [6.45, 7) is 5.85. The molecule has 3 rings (SSSR count). The molecule has 1 amide bonds. The third kappa shape index (κ3) is 2.81. The van der Waals surface area contributed by atoms with Gasteiger partial charge in [0.05, 0.1) is 18.5 Å². The van der Waals surface area contributed by atoms with E-state index in [2.05, 4.69) is 4.98 Å². The third-order valence-corrected chi connectivity index (χ3v) is 5.41. The Morgan fingerprint density at radius 2 is 2.22 bits per heavy atom. The van der Waals surface area contributed by atoms with Crippen molar-refractivity contribution < 1.29 is 9.53 Å². The van der Waals surface area contributed by atoms with Crippen molar-refractivity contribution in [1.29, 1.82) is 0 Å². The smallest absolute Gasteiger partial charge is 0.410 e. The quantitative estimate of drug-likeness (QED) is 0.861. The van der Waals surface area contributed by atoms with Gasteiger partial charge in [-0.15, -0.1) is 11.3 Å². The number of amides is 1. The molecule has 1 aliphatic heterocycles. The number of carbonyl (C=O) groups excluding carboxylic acids is 1. The Labute approximate surface area is 142 Å². The molecule has 1 N–H and O–H groups in total. The minimum Gasteiger partial charge on any atom is -0.450 e. The molecule has 23 heavy (non-hydrogen) atoms. The SMILES string of the molecule is CCCn1c(=S)[nH]c2sc3c(c2c1=O)CCN(C(=O)OCC)C3. The van der Waals surface area contributed by atoms with Gasteiger partial charge in [0.25, 0.3) is 5.56 Å². The van der Waals surface area contributed by atoms with Gasteiger partial charge in [0.1, 0.15) is 4.83 Å². The summed E-state index contributed by atoms with van der Waals surface area (Å²) in [6.07, 6.45) is 1.22. The fourth-order valence-corrected chi connectivity index (χ4v) is 4.50. The third-order valence-electron chi connectivity index (χ3n) is 3.95. The van der Waals surface area contributed by atoms with Gasteiger partial charge in [0, 0.05) is 18.0 Å². The lowest BCUT2D eigenvalue weighted by Gasteiger charge is -2.25. The minimum atomic E-state index is -0.299. The Morgan fingerprint density at radius 1 is 1.43 bits per heavy atom. The Kier molecular flexibility index (Phi) is 4.54. The molecule has 8 heteroatoms. The van der Waals surface area contributed by atoms with Gasteiger partial charge in [-0.2, -0.15) is 0 Å². The van der Waals surface area contributed by atoms with Crippen molar-refractivity contribution in [3.8, 4) is 0 Å². The number of carbonyl (C=O) groups is 1. The van der Waals surface area contributed by atoms with Crippen LogP contribution in [0.5, 0.6) is 0 Å². The molecular weight excluding hydrogens is 334 g/mol. The number of nitrogens with zero attached hydrogens (tertiary/aromatic N) is 2. The van der Waals surface area contributed by atoms with Gasteiger partial charge in [0.2, 0.25) is 0 Å². The summed E-state index contributed by atoms with van der Waals surface area (Å²) in [6, 6.07) is 0. The first-order valence-corrected chi connectivity index (χ1v) is 8.98. The first-order chi connectivity index (χ1) is 11.1. The van der Waals surface area contributed by atoms with Crippen molar-refractivity contribution in [2.75, 3.05) is 13.2 Å². The number of H-pyrrole nitrogens is 1. The average Bonchev–Trinajstić information content (AvgIpc) is 2.88. The van der Waals surface area contributed by atoms with Crippen molar-refractivity contribution in [3.05, 3.63) is 25.6 Å². The van der Waals surface area contributed by atoms with E-state index in [-0.39, 0.29) is 11.7 Å². The molecule has 0 bridgehead atoms. The first kappa shape index (κ1) is 16.2. The van der Waals surface area contributed by atoms with Crippen LogP contribution in [0, 0.1) is 4.77 Å². The molecule has 0 aliphatic carbocycles. The maximum Gasteiger partial charge on any atom is 0.410 e. The molecule has 0 atom stereocenters. The summed E-state index contributed by atoms with van der Waals surface area (Å²) in [5.74, 6) is 0. The summed E-state index contributed by atoms with van der Waals surface area (Å²) in [4.78, 5) is 31.4. The van der Waals surface area contributed by atoms with Gasteiger partial charge in [-0.25, -0.2) is 4.79 Å². The van der Waals surface area contributed by atoms with Gasteiger partial charge in [-0.3, -0.25) is 9.36 Å². The Bertz CT molecular complexity index is 865. The van der Waals surface area contributed by atoms with Crippen molar-refractivity contribution in [1.82, 2.24) is 14.5 Å². The van der Waals surface area contributed by atoms with Crippen molar-refractivity contribution in [2.24, 2.45) is 0 Å². The predicted octanol–water partition coefficient (Wildman–Crippen LogP) is 3.05. The van der Waals surface area contributed by atoms with E-state index in [1.807, 2.05) is 6.92 Å². The van der Waals surface area contributed by atoms with Crippen molar-refractivity contribution in [2.45, 2.75) is 39.8 Å². The number of aromatic nitrogens is 2. The van der Waals surface area contributed by atoms with Crippen LogP contribution in [0.25, 0.3) is 10.2 Å². The zero-order chi connectivity index (χ0) is 16.6. The van der Waals surface area contributed by atoms with E-state index >= 15 is 0 Å². The molecule has 0 spiro atoms. The lowest BCUT2D eigenvalue weighted by Crippen LogP contribution is -2.36. The van der Waals surface area contributed by atoms with Crippen LogP contribution < -0.4 is 5.56 Å². The zero-order valence-electron chi connectivity index (χ0n) is 13.2. The standard InChI is InChI=1S/C15H19N3O3S2/c1-3-6-18-13(19)11-9-5-7-17(15(20)21-4-2)8-10(9)23-12(11)16-14(18)22/h3-8H2,1-2H3,(H,16,22). The number of aromatic amines is 1. The fraction of sp³-hybridized carbons (Fsp3) is 0.533. The molecule has 2 aromatic rings. The maximum absolute atomic E-state index is 12.8. The molecule has 0 radical (unpaired) electrons. The summed E-state index contributed by atoms with van der Waals surface area (Å²) in [5.41, 5.74) is 1.03. The van der Waals surface area contributed by atoms with E-state index in [4.69, 9.17) is 17.0 Å². The molecule has 0 saturated carbocycles. The summed E-state index contributed by atoms with van der Waals surface area (Å²) < 4.78 is 7.16. The lowest BCUT2D eigenvalue weighted by atomic mass is 10.1. The molecule has 124 valence electrons. The van der Waals surface area contributed by atoms with Gasteiger partial charge < -0.3 is 14.6 Å². The van der Waals surface area contributed by atoms with E-state index in [9.17, 15) is 9.59 Å². The molecule has 0 aromatic carbocycles. The van der Waals surface area contributed by atoms with Gasteiger partial charge in [-0.05, 0) is 37.5 Å². The predicted molar refractivity (Wildman–Crippen MR) is 92.7 cm³/mol. The van der Waals surface area contributed by atoms with Gasteiger partial charge >= 0.3 is 6.09 Å². The number of fused-ring (bicyclic) bond motifs is 3. The number of thiophene rings is 1. The average molecular weight is 353 g/mol. The van der Waals surface area contributed by atoms with Crippen LogP contribution in [0.3, 0.4) is 0 Å². The number of ether oxygens (including phenoxy) is 1. The van der Waals surface area contributed by atoms with Crippen LogP contribution in [-0.2, 0) is 24.2 Å². The second kappa shape index (κ2) is 6.45. The molecular formula is C15H19N3O3S2. The molecule has 0 unspecified atom stereocenters. The number of hydrogen-bond acceptors (Lipinski definition) is 5. The van der Waals surface area contributed by atoms with E-state index in [1.165, 1.54) is 11.3 Å². The summed E-state index contributed by atoms with van der Waals surface area (Å²) in [5, 5.41) is 0.732. The highest BCUT2D eigenvalue weighted by Crippen LogP contribution is 2.32. The second-order valence-corrected chi connectivity index (χ2v) is 6.96. The summed E-state index contributed by atoms with van der Waals surface area (Å²) >= 11 is 6.81.